The van der Waals surface area contributed by atoms with E-state index in [0.29, 0.717) is 23.2 Å². The van der Waals surface area contributed by atoms with Crippen LogP contribution in [-0.2, 0) is 4.79 Å². The molecule has 1 atom stereocenters. The Morgan fingerprint density at radius 3 is 3.00 bits per heavy atom. The number of nitrogens with zero attached hydrogens (tertiary/aromatic N) is 3. The number of nitrogens with one attached hydrogen (secondary N) is 2. The van der Waals surface area contributed by atoms with Crippen molar-refractivity contribution in [1.82, 2.24) is 20.4 Å². The molecule has 1 fully saturated rings. The van der Waals surface area contributed by atoms with E-state index in [4.69, 9.17) is 0 Å². The van der Waals surface area contributed by atoms with Crippen molar-refractivity contribution in [2.45, 2.75) is 13.0 Å². The molecular weight excluding hydrogens is 242 g/mol. The van der Waals surface area contributed by atoms with Crippen LogP contribution < -0.4 is 10.6 Å². The van der Waals surface area contributed by atoms with Crippen LogP contribution >= 0.6 is 11.3 Å². The molecule has 1 saturated heterocycles. The maximum Gasteiger partial charge on any atom is 0.285 e. The minimum Gasteiger partial charge on any atom is -0.363 e. The van der Waals surface area contributed by atoms with Gasteiger partial charge in [0.15, 0.2) is 0 Å². The number of piperazine rings is 1. The maximum atomic E-state index is 12.1. The van der Waals surface area contributed by atoms with E-state index in [1.807, 2.05) is 0 Å². The molecule has 2 heterocycles. The number of aromatic nitrogens is 2. The smallest absolute Gasteiger partial charge is 0.285 e. The summed E-state index contributed by atoms with van der Waals surface area (Å²) in [6, 6.07) is -0.460. The first-order valence-corrected chi connectivity index (χ1v) is 6.05. The zero-order valence-corrected chi connectivity index (χ0v) is 10.4. The average molecular weight is 255 g/mol. The molecule has 1 aromatic rings. The molecule has 1 aliphatic heterocycles. The van der Waals surface area contributed by atoms with Gasteiger partial charge in [-0.2, -0.15) is 0 Å². The highest BCUT2D eigenvalue weighted by Gasteiger charge is 2.31. The Kier molecular flexibility index (Phi) is 3.23. The van der Waals surface area contributed by atoms with Crippen LogP contribution in [-0.4, -0.2) is 53.1 Å². The predicted molar refractivity (Wildman–Crippen MR) is 63.0 cm³/mol. The first-order chi connectivity index (χ1) is 8.13. The van der Waals surface area contributed by atoms with Crippen LogP contribution in [0.25, 0.3) is 0 Å². The molecule has 0 saturated carbocycles. The molecule has 8 heteroatoms. The topological polar surface area (TPSA) is 87.2 Å². The molecule has 2 N–H and O–H groups in total. The summed E-state index contributed by atoms with van der Waals surface area (Å²) < 4.78 is 0. The highest BCUT2D eigenvalue weighted by molar-refractivity contribution is 7.17. The SMILES string of the molecule is CNc1nnc(C(=O)N2CCNC(=O)C2C)s1. The third-order valence-electron chi connectivity index (χ3n) is 2.58. The van der Waals surface area contributed by atoms with Crippen molar-refractivity contribution in [3.63, 3.8) is 0 Å². The van der Waals surface area contributed by atoms with Gasteiger partial charge in [0.1, 0.15) is 6.04 Å². The standard InChI is InChI=1S/C9H13N5O2S/c1-5-6(15)11-3-4-14(5)8(16)7-12-13-9(10-2)17-7/h5H,3-4H2,1-2H3,(H,10,13)(H,11,15). The summed E-state index contributed by atoms with van der Waals surface area (Å²) in [5, 5.41) is 14.0. The number of hydrogen-bond donors (Lipinski definition) is 2. The van der Waals surface area contributed by atoms with E-state index in [-0.39, 0.29) is 11.8 Å². The van der Waals surface area contributed by atoms with Gasteiger partial charge in [-0.05, 0) is 6.92 Å². The van der Waals surface area contributed by atoms with Gasteiger partial charge in [-0.15, -0.1) is 10.2 Å². The van der Waals surface area contributed by atoms with Crippen molar-refractivity contribution in [1.29, 1.82) is 0 Å². The van der Waals surface area contributed by atoms with E-state index in [1.165, 1.54) is 16.2 Å². The van der Waals surface area contributed by atoms with Crippen molar-refractivity contribution >= 4 is 28.3 Å². The van der Waals surface area contributed by atoms with Gasteiger partial charge in [0.25, 0.3) is 5.91 Å². The van der Waals surface area contributed by atoms with Gasteiger partial charge in [-0.25, -0.2) is 0 Å². The Labute approximate surface area is 102 Å². The summed E-state index contributed by atoms with van der Waals surface area (Å²) >= 11 is 1.18. The first kappa shape index (κ1) is 11.8. The highest BCUT2D eigenvalue weighted by Crippen LogP contribution is 2.18. The third kappa shape index (κ3) is 2.21. The predicted octanol–water partition coefficient (Wildman–Crippen LogP) is -0.460. The number of amides is 2. The maximum absolute atomic E-state index is 12.1. The quantitative estimate of drug-likeness (QED) is 0.746. The summed E-state index contributed by atoms with van der Waals surface area (Å²) in [6.45, 7) is 2.68. The molecule has 17 heavy (non-hydrogen) atoms. The van der Waals surface area contributed by atoms with Crippen LogP contribution in [0.4, 0.5) is 5.13 Å². The zero-order valence-electron chi connectivity index (χ0n) is 9.56. The van der Waals surface area contributed by atoms with Crippen LogP contribution in [0.2, 0.25) is 0 Å². The second-order valence-corrected chi connectivity index (χ2v) is 4.61. The highest BCUT2D eigenvalue weighted by atomic mass is 32.1. The Bertz CT molecular complexity index is 446. The molecule has 1 unspecified atom stereocenters. The number of rotatable bonds is 2. The number of anilines is 1. The first-order valence-electron chi connectivity index (χ1n) is 5.23. The molecule has 0 aromatic carbocycles. The fourth-order valence-electron chi connectivity index (χ4n) is 1.59. The molecule has 0 aliphatic carbocycles. The van der Waals surface area contributed by atoms with Crippen molar-refractivity contribution in [2.24, 2.45) is 0 Å². The van der Waals surface area contributed by atoms with Gasteiger partial charge in [-0.3, -0.25) is 9.59 Å². The fraction of sp³-hybridized carbons (Fsp3) is 0.556. The molecule has 92 valence electrons. The second-order valence-electron chi connectivity index (χ2n) is 3.63. The van der Waals surface area contributed by atoms with Crippen LogP contribution in [0.5, 0.6) is 0 Å². The zero-order chi connectivity index (χ0) is 12.4. The van der Waals surface area contributed by atoms with E-state index in [1.54, 1.807) is 14.0 Å². The van der Waals surface area contributed by atoms with E-state index in [0.717, 1.165) is 0 Å². The molecule has 1 aromatic heterocycles. The lowest BCUT2D eigenvalue weighted by molar-refractivity contribution is -0.127. The van der Waals surface area contributed by atoms with Crippen LogP contribution in [0.1, 0.15) is 16.7 Å². The number of hydrogen-bond acceptors (Lipinski definition) is 6. The molecule has 0 radical (unpaired) electrons. The molecule has 1 aliphatic rings. The Hall–Kier alpha value is -1.70. The Balaban J connectivity index is 2.16. The average Bonchev–Trinajstić information content (AvgIpc) is 2.80. The summed E-state index contributed by atoms with van der Waals surface area (Å²) in [6.07, 6.45) is 0. The van der Waals surface area contributed by atoms with E-state index >= 15 is 0 Å². The summed E-state index contributed by atoms with van der Waals surface area (Å²) in [7, 11) is 1.71. The molecular formula is C9H13N5O2S. The molecule has 7 nitrogen and oxygen atoms in total. The van der Waals surface area contributed by atoms with Crippen LogP contribution in [0, 0.1) is 0 Å². The van der Waals surface area contributed by atoms with Gasteiger partial charge in [0.05, 0.1) is 0 Å². The fourth-order valence-corrected chi connectivity index (χ4v) is 2.25. The van der Waals surface area contributed by atoms with Crippen molar-refractivity contribution in [3.05, 3.63) is 5.01 Å². The lowest BCUT2D eigenvalue weighted by atomic mass is 10.2. The number of carbonyl (C=O) groups excluding carboxylic acids is 2. The lowest BCUT2D eigenvalue weighted by Gasteiger charge is -2.31. The molecule has 0 spiro atoms. The van der Waals surface area contributed by atoms with Crippen LogP contribution in [0.15, 0.2) is 0 Å². The van der Waals surface area contributed by atoms with Gasteiger partial charge in [0, 0.05) is 20.1 Å². The van der Waals surface area contributed by atoms with Gasteiger partial charge < -0.3 is 15.5 Å². The Morgan fingerprint density at radius 1 is 1.59 bits per heavy atom. The van der Waals surface area contributed by atoms with E-state index < -0.39 is 6.04 Å². The molecule has 2 amide bonds. The monoisotopic (exact) mass is 255 g/mol. The van der Waals surface area contributed by atoms with E-state index in [2.05, 4.69) is 20.8 Å². The second kappa shape index (κ2) is 4.66. The van der Waals surface area contributed by atoms with E-state index in [9.17, 15) is 9.59 Å². The molecule has 2 rings (SSSR count). The summed E-state index contributed by atoms with van der Waals surface area (Å²) in [5.41, 5.74) is 0. The minimum atomic E-state index is -0.460. The Morgan fingerprint density at radius 2 is 2.35 bits per heavy atom. The van der Waals surface area contributed by atoms with Crippen LogP contribution in [0.3, 0.4) is 0 Å². The van der Waals surface area contributed by atoms with Gasteiger partial charge in [-0.1, -0.05) is 11.3 Å². The third-order valence-corrected chi connectivity index (χ3v) is 3.51. The summed E-state index contributed by atoms with van der Waals surface area (Å²) in [5.74, 6) is -0.380. The van der Waals surface area contributed by atoms with Crippen molar-refractivity contribution in [3.8, 4) is 0 Å². The lowest BCUT2D eigenvalue weighted by Crippen LogP contribution is -2.55. The normalized spacial score (nSPS) is 20.0. The van der Waals surface area contributed by atoms with Gasteiger partial charge >= 0.3 is 0 Å². The van der Waals surface area contributed by atoms with Crippen molar-refractivity contribution in [2.75, 3.05) is 25.5 Å². The summed E-state index contributed by atoms with van der Waals surface area (Å²) in [4.78, 5) is 25.1. The van der Waals surface area contributed by atoms with Crippen molar-refractivity contribution < 1.29 is 9.59 Å². The number of carbonyl (C=O) groups is 2. The minimum absolute atomic E-state index is 0.136. The molecule has 0 bridgehead atoms. The van der Waals surface area contributed by atoms with Gasteiger partial charge in [0.2, 0.25) is 16.0 Å². The largest absolute Gasteiger partial charge is 0.363 e.